The number of nitrogens with zero attached hydrogens (tertiary/aromatic N) is 4. The Morgan fingerprint density at radius 3 is 2.30 bits per heavy atom. The average Bonchev–Trinajstić information content (AvgIpc) is 2.34. The van der Waals surface area contributed by atoms with E-state index in [2.05, 4.69) is 19.7 Å². The molecular weight excluding hydrogens is 286 g/mol. The first-order chi connectivity index (χ1) is 9.26. The zero-order chi connectivity index (χ0) is 15.3. The molecule has 1 heterocycles. The van der Waals surface area contributed by atoms with Crippen LogP contribution in [0.5, 0.6) is 5.88 Å². The summed E-state index contributed by atoms with van der Waals surface area (Å²) in [6.45, 7) is 18.7. The molecule has 0 saturated heterocycles. The maximum absolute atomic E-state index is 11.4. The van der Waals surface area contributed by atoms with Crippen molar-refractivity contribution in [1.29, 1.82) is 0 Å². The van der Waals surface area contributed by atoms with Crippen LogP contribution in [0.25, 0.3) is 9.69 Å². The molecule has 1 rings (SSSR count). The van der Waals surface area contributed by atoms with Crippen LogP contribution in [0.4, 0.5) is 16.4 Å². The number of halogens is 1. The Labute approximate surface area is 120 Å². The summed E-state index contributed by atoms with van der Waals surface area (Å²) in [5.41, 5.74) is 1.26. The zero-order valence-corrected chi connectivity index (χ0v) is 11.6. The van der Waals surface area contributed by atoms with E-state index in [1.807, 2.05) is 5.48 Å². The molecule has 1 amide bonds. The van der Waals surface area contributed by atoms with Gasteiger partial charge in [-0.25, -0.2) is 4.79 Å². The van der Waals surface area contributed by atoms with Gasteiger partial charge in [0, 0.05) is 0 Å². The third-order valence-corrected chi connectivity index (χ3v) is 1.88. The number of hydroxylamine groups is 1. The molecule has 0 fully saturated rings. The smallest absolute Gasteiger partial charge is 0.441 e. The second-order valence-electron chi connectivity index (χ2n) is 4.40. The van der Waals surface area contributed by atoms with E-state index in [9.17, 15) is 4.79 Å². The lowest BCUT2D eigenvalue weighted by Gasteiger charge is -2.18. The van der Waals surface area contributed by atoms with Gasteiger partial charge in [-0.15, -0.1) is 10.5 Å². The second-order valence-corrected chi connectivity index (χ2v) is 4.75. The van der Waals surface area contributed by atoms with Crippen LogP contribution in [0.1, 0.15) is 20.8 Å². The number of rotatable bonds is 2. The van der Waals surface area contributed by atoms with Gasteiger partial charge in [-0.05, 0) is 32.4 Å². The minimum atomic E-state index is -0.853. The molecule has 20 heavy (non-hydrogen) atoms. The van der Waals surface area contributed by atoms with Gasteiger partial charge in [0.25, 0.3) is 11.6 Å². The van der Waals surface area contributed by atoms with Crippen molar-refractivity contribution < 1.29 is 14.4 Å². The number of amides is 1. The van der Waals surface area contributed by atoms with E-state index >= 15 is 0 Å². The summed E-state index contributed by atoms with van der Waals surface area (Å²) in [5.74, 6) is -0.809. The van der Waals surface area contributed by atoms with Crippen LogP contribution in [0.2, 0.25) is 5.15 Å². The lowest BCUT2D eigenvalue weighted by atomic mass is 10.2. The Kier molecular flexibility index (Phi) is 4.68. The summed E-state index contributed by atoms with van der Waals surface area (Å²) in [6.07, 6.45) is -0.853. The molecular formula is C11H10ClN5O3. The predicted octanol–water partition coefficient (Wildman–Crippen LogP) is 3.05. The van der Waals surface area contributed by atoms with E-state index in [-0.39, 0.29) is 22.7 Å². The third kappa shape index (κ3) is 4.26. The predicted molar refractivity (Wildman–Crippen MR) is 69.6 cm³/mol. The van der Waals surface area contributed by atoms with Crippen LogP contribution in [0.15, 0.2) is 0 Å². The number of carbonyl (C=O) groups excluding carboxylic acids is 1. The van der Waals surface area contributed by atoms with Gasteiger partial charge in [0.15, 0.2) is 0 Å². The van der Waals surface area contributed by atoms with Gasteiger partial charge >= 0.3 is 17.1 Å². The van der Waals surface area contributed by atoms with Gasteiger partial charge in [0.2, 0.25) is 0 Å². The quantitative estimate of drug-likeness (QED) is 0.670. The fourth-order valence-corrected chi connectivity index (χ4v) is 1.15. The lowest BCUT2D eigenvalue weighted by molar-refractivity contribution is 0.0278. The first-order valence-electron chi connectivity index (χ1n) is 5.25. The van der Waals surface area contributed by atoms with E-state index in [1.54, 1.807) is 20.8 Å². The van der Waals surface area contributed by atoms with Gasteiger partial charge in [0.1, 0.15) is 5.60 Å². The number of carbonyl (C=O) groups is 1. The van der Waals surface area contributed by atoms with Crippen molar-refractivity contribution >= 4 is 29.3 Å². The normalized spacial score (nSPS) is 10.1. The van der Waals surface area contributed by atoms with E-state index in [0.29, 0.717) is 0 Å². The fourth-order valence-electron chi connectivity index (χ4n) is 0.987. The standard InChI is InChI=1S/C11H10ClN5O3/c1-11(2,3)19-10(18)17-20-9-6(12)15-7(13-4)8(14-5)16-9/h1-3H3,(H,17,18). The molecule has 8 nitrogen and oxygen atoms in total. The number of hydrogen-bond acceptors (Lipinski definition) is 5. The Balaban J connectivity index is 2.82. The van der Waals surface area contributed by atoms with E-state index in [4.69, 9.17) is 34.3 Å². The highest BCUT2D eigenvalue weighted by molar-refractivity contribution is 6.30. The Morgan fingerprint density at radius 1 is 1.25 bits per heavy atom. The highest BCUT2D eigenvalue weighted by Crippen LogP contribution is 2.30. The van der Waals surface area contributed by atoms with Crippen LogP contribution in [-0.4, -0.2) is 21.7 Å². The number of aromatic nitrogens is 2. The summed E-state index contributed by atoms with van der Waals surface area (Å²) < 4.78 is 4.93. The topological polar surface area (TPSA) is 82.1 Å². The Morgan fingerprint density at radius 2 is 1.80 bits per heavy atom. The molecule has 104 valence electrons. The molecule has 0 aromatic carbocycles. The maximum Gasteiger partial charge on any atom is 0.441 e. The largest absolute Gasteiger partial charge is 0.442 e. The van der Waals surface area contributed by atoms with Crippen molar-refractivity contribution in [3.05, 3.63) is 28.0 Å². The molecule has 0 aliphatic carbocycles. The summed E-state index contributed by atoms with van der Waals surface area (Å²) in [4.78, 5) is 29.5. The van der Waals surface area contributed by atoms with Crippen LogP contribution >= 0.6 is 11.6 Å². The molecule has 0 radical (unpaired) electrons. The molecule has 0 spiro atoms. The average molecular weight is 296 g/mol. The van der Waals surface area contributed by atoms with Crippen molar-refractivity contribution in [1.82, 2.24) is 15.4 Å². The van der Waals surface area contributed by atoms with Crippen molar-refractivity contribution in [3.63, 3.8) is 0 Å². The molecule has 0 bridgehead atoms. The van der Waals surface area contributed by atoms with Crippen molar-refractivity contribution in [2.45, 2.75) is 26.4 Å². The fraction of sp³-hybridized carbons (Fsp3) is 0.364. The van der Waals surface area contributed by atoms with Crippen LogP contribution in [0.3, 0.4) is 0 Å². The molecule has 0 aliphatic heterocycles. The highest BCUT2D eigenvalue weighted by Gasteiger charge is 2.22. The second kappa shape index (κ2) is 6.04. The van der Waals surface area contributed by atoms with Crippen molar-refractivity contribution in [3.8, 4) is 5.88 Å². The number of hydrogen-bond donors (Lipinski definition) is 1. The molecule has 0 atom stereocenters. The van der Waals surface area contributed by atoms with E-state index in [1.165, 1.54) is 0 Å². The van der Waals surface area contributed by atoms with Crippen LogP contribution in [0, 0.1) is 13.1 Å². The molecule has 1 N–H and O–H groups in total. The van der Waals surface area contributed by atoms with Gasteiger partial charge in [0.05, 0.1) is 0 Å². The minimum absolute atomic E-state index is 0.241. The first kappa shape index (κ1) is 15.5. The van der Waals surface area contributed by atoms with E-state index < -0.39 is 11.7 Å². The maximum atomic E-state index is 11.4. The molecule has 0 unspecified atom stereocenters. The highest BCUT2D eigenvalue weighted by atomic mass is 35.5. The summed E-state index contributed by atoms with van der Waals surface area (Å²) in [5, 5.41) is -0.251. The van der Waals surface area contributed by atoms with Crippen LogP contribution in [-0.2, 0) is 4.74 Å². The van der Waals surface area contributed by atoms with Gasteiger partial charge < -0.3 is 19.3 Å². The summed E-state index contributed by atoms with van der Waals surface area (Å²) >= 11 is 5.72. The molecule has 9 heteroatoms. The molecule has 1 aromatic heterocycles. The minimum Gasteiger partial charge on any atom is -0.442 e. The van der Waals surface area contributed by atoms with Gasteiger partial charge in [-0.1, -0.05) is 18.1 Å². The monoisotopic (exact) mass is 295 g/mol. The van der Waals surface area contributed by atoms with Gasteiger partial charge in [-0.2, -0.15) is 0 Å². The Bertz CT molecular complexity index is 612. The number of nitrogens with one attached hydrogen (secondary N) is 1. The van der Waals surface area contributed by atoms with E-state index in [0.717, 1.165) is 0 Å². The summed E-state index contributed by atoms with van der Waals surface area (Å²) in [6, 6.07) is 0. The first-order valence-corrected chi connectivity index (χ1v) is 5.63. The van der Waals surface area contributed by atoms with Gasteiger partial charge in [-0.3, -0.25) is 0 Å². The third-order valence-electron chi connectivity index (χ3n) is 1.63. The Hall–Kier alpha value is -2.58. The van der Waals surface area contributed by atoms with Crippen LogP contribution < -0.4 is 10.3 Å². The lowest BCUT2D eigenvalue weighted by Crippen LogP contribution is -2.34. The molecule has 0 saturated carbocycles. The SMILES string of the molecule is [C-]#[N+]c1nc(Cl)c(ONC(=O)OC(C)(C)C)nc1[N+]#[C-]. The molecule has 1 aromatic rings. The zero-order valence-electron chi connectivity index (χ0n) is 10.9. The summed E-state index contributed by atoms with van der Waals surface area (Å²) in [7, 11) is 0. The van der Waals surface area contributed by atoms with Crippen molar-refractivity contribution in [2.75, 3.05) is 0 Å². The molecule has 0 aliphatic rings. The number of ether oxygens (including phenoxy) is 1. The van der Waals surface area contributed by atoms with Crippen molar-refractivity contribution in [2.24, 2.45) is 0 Å².